The molecule has 0 unspecified atom stereocenters. The van der Waals surface area contributed by atoms with Gasteiger partial charge in [-0.1, -0.05) is 60.1 Å². The van der Waals surface area contributed by atoms with E-state index in [0.717, 1.165) is 31.4 Å². The van der Waals surface area contributed by atoms with Gasteiger partial charge in [-0.05, 0) is 66.6 Å². The number of hydrogen-bond acceptors (Lipinski definition) is 5. The molecule has 1 aliphatic heterocycles. The van der Waals surface area contributed by atoms with Gasteiger partial charge in [0.15, 0.2) is 17.1 Å². The maximum atomic E-state index is 15.3. The Balaban J connectivity index is 1.61. The Morgan fingerprint density at radius 3 is 2.38 bits per heavy atom. The van der Waals surface area contributed by atoms with Gasteiger partial charge in [-0.3, -0.25) is 9.59 Å². The number of rotatable bonds is 12. The topological polar surface area (TPSA) is 54.8 Å². The lowest BCUT2D eigenvalue weighted by molar-refractivity contribution is -0.137. The van der Waals surface area contributed by atoms with Crippen molar-refractivity contribution in [2.45, 2.75) is 55.7 Å². The number of carbonyl (C=O) groups is 1. The van der Waals surface area contributed by atoms with Crippen LogP contribution in [-0.4, -0.2) is 59.5 Å². The summed E-state index contributed by atoms with van der Waals surface area (Å²) in [6.07, 6.45) is -12.5. The van der Waals surface area contributed by atoms with Gasteiger partial charge in [0.2, 0.25) is 5.91 Å². The molecule has 1 fully saturated rings. The highest BCUT2D eigenvalue weighted by molar-refractivity contribution is 7.98. The fourth-order valence-corrected chi connectivity index (χ4v) is 5.96. The summed E-state index contributed by atoms with van der Waals surface area (Å²) < 4.78 is 210. The number of likely N-dealkylation sites (tertiary alicyclic amines) is 1. The normalized spacial score (nSPS) is 23.0. The predicted octanol–water partition coefficient (Wildman–Crippen LogP) is 8.71. The van der Waals surface area contributed by atoms with Crippen LogP contribution in [0.1, 0.15) is 55.6 Å². The van der Waals surface area contributed by atoms with E-state index in [2.05, 4.69) is 0 Å². The SMILES string of the molecule is [2H]c1c(C)c([2H])c2c(=O)c([2H])c(SC([2H])([2H])c3cccc(F)c3F)n(CC(=O)N(Cc3ccc(-c4ccc(C(F)(F)F)cc4)cc3)C3([2H])C([2H])([2H])C([2H])([2H])N(CCOC)C([2H])([2H])C3([2H])[2H])c2c1[2H]. The smallest absolute Gasteiger partial charge is 0.383 e. The number of alkyl halides is 3. The first-order valence-electron chi connectivity index (χ1n) is 23.3. The highest BCUT2D eigenvalue weighted by Crippen LogP contribution is 2.32. The number of methoxy groups -OCH3 is 1. The fraction of sp³-hybridized carbons (Fsp3) is 0.317. The minimum Gasteiger partial charge on any atom is -0.383 e. The second kappa shape index (κ2) is 16.7. The molecule has 1 amide bonds. The van der Waals surface area contributed by atoms with Crippen LogP contribution < -0.4 is 5.43 Å². The Morgan fingerprint density at radius 1 is 1.04 bits per heavy atom. The quantitative estimate of drug-likeness (QED) is 0.0941. The molecule has 53 heavy (non-hydrogen) atoms. The Hall–Kier alpha value is -4.52. The van der Waals surface area contributed by atoms with Gasteiger partial charge in [0, 0.05) is 75.6 Å². The van der Waals surface area contributed by atoms with Crippen LogP contribution in [-0.2, 0) is 34.5 Å². The van der Waals surface area contributed by atoms with E-state index in [-0.39, 0.29) is 38.3 Å². The van der Waals surface area contributed by atoms with Crippen LogP contribution in [0, 0.1) is 18.6 Å². The number of carbonyl (C=O) groups excluding carboxylic acids is 1. The van der Waals surface area contributed by atoms with E-state index in [9.17, 15) is 29.2 Å². The predicted molar refractivity (Wildman–Crippen MR) is 198 cm³/mol. The number of aromatic nitrogens is 1. The fourth-order valence-electron chi connectivity index (χ4n) is 5.18. The zero-order valence-corrected chi connectivity index (χ0v) is 28.9. The van der Waals surface area contributed by atoms with Crippen LogP contribution >= 0.6 is 11.8 Å². The molecule has 12 heteroatoms. The monoisotopic (exact) mass is 764 g/mol. The summed E-state index contributed by atoms with van der Waals surface area (Å²) in [5.41, 5.74) is -6.88. The van der Waals surface area contributed by atoms with Gasteiger partial charge >= 0.3 is 6.18 Å². The standard InChI is InChI=1S/C41H40F5N3O3S/c1-27-6-15-36-34(22-27)37(50)23-39(53-26-31-4-3-5-35(42)40(31)43)49(36)25-38(51)48(33-16-18-47(19-17-33)20-21-52-2)24-28-7-9-29(10-8-28)30-11-13-32(14-12-30)41(44,45)46/h3-15,22-23,33H,16-21,24-26H2,1-2H3/i6D,15D,16D2,17D2,18D2,19D2,22D,23D,26D2,33D. The van der Waals surface area contributed by atoms with Crippen LogP contribution in [0.2, 0.25) is 0 Å². The van der Waals surface area contributed by atoms with E-state index >= 15 is 9.18 Å². The van der Waals surface area contributed by atoms with Gasteiger partial charge in [-0.25, -0.2) is 8.78 Å². The molecule has 0 radical (unpaired) electrons. The highest BCUT2D eigenvalue weighted by Gasteiger charge is 2.31. The van der Waals surface area contributed by atoms with Crippen LogP contribution in [0.25, 0.3) is 22.0 Å². The number of nitrogens with zero attached hydrogens (tertiary/aromatic N) is 3. The average molecular weight is 765 g/mol. The molecule has 4 aromatic carbocycles. The summed E-state index contributed by atoms with van der Waals surface area (Å²) in [5.74, 6) is -4.80. The van der Waals surface area contributed by atoms with Crippen molar-refractivity contribution in [1.82, 2.24) is 14.4 Å². The molecule has 278 valence electrons. The number of hydrogen-bond donors (Lipinski definition) is 0. The number of thioether (sulfide) groups is 1. The van der Waals surface area contributed by atoms with Crippen molar-refractivity contribution in [3.8, 4) is 11.1 Å². The average Bonchev–Trinajstić information content (AvgIpc) is 3.26. The van der Waals surface area contributed by atoms with Crippen LogP contribution in [0.5, 0.6) is 0 Å². The van der Waals surface area contributed by atoms with Crippen molar-refractivity contribution >= 4 is 28.6 Å². The molecule has 0 spiro atoms. The van der Waals surface area contributed by atoms with Crippen LogP contribution in [0.3, 0.4) is 0 Å². The number of piperidine rings is 1. The number of amides is 1. The van der Waals surface area contributed by atoms with Crippen molar-refractivity contribution in [3.63, 3.8) is 0 Å². The van der Waals surface area contributed by atoms with Gasteiger partial charge in [0.05, 0.1) is 29.6 Å². The first-order valence-corrected chi connectivity index (χ1v) is 16.7. The molecular weight excluding hydrogens is 710 g/mol. The van der Waals surface area contributed by atoms with E-state index in [0.29, 0.717) is 16.2 Å². The maximum absolute atomic E-state index is 15.3. The Bertz CT molecular complexity index is 2820. The zero-order valence-electron chi connectivity index (χ0n) is 43.0. The van der Waals surface area contributed by atoms with Crippen LogP contribution in [0.15, 0.2) is 101 Å². The molecule has 0 atom stereocenters. The number of benzene rings is 4. The second-order valence-corrected chi connectivity index (χ2v) is 12.4. The second-order valence-electron chi connectivity index (χ2n) is 11.6. The Morgan fingerprint density at radius 2 is 1.72 bits per heavy atom. The number of fused-ring (bicyclic) bond motifs is 1. The highest BCUT2D eigenvalue weighted by atomic mass is 32.2. The van der Waals surface area contributed by atoms with E-state index in [1.54, 1.807) is 0 Å². The van der Waals surface area contributed by atoms with E-state index in [4.69, 9.17) is 18.4 Å². The molecule has 0 bridgehead atoms. The lowest BCUT2D eigenvalue weighted by Gasteiger charge is -2.39. The number of pyridine rings is 1. The molecule has 1 aromatic heterocycles. The van der Waals surface area contributed by atoms with Gasteiger partial charge in [-0.15, -0.1) is 11.8 Å². The van der Waals surface area contributed by atoms with Crippen molar-refractivity contribution in [1.29, 1.82) is 0 Å². The molecule has 0 N–H and O–H groups in total. The first kappa shape index (κ1) is 23.3. The molecule has 2 heterocycles. The number of ether oxygens (including phenoxy) is 1. The molecule has 6 nitrogen and oxygen atoms in total. The van der Waals surface area contributed by atoms with E-state index in [1.165, 1.54) is 43.3 Å². The largest absolute Gasteiger partial charge is 0.416 e. The maximum Gasteiger partial charge on any atom is 0.416 e. The van der Waals surface area contributed by atoms with Gasteiger partial charge in [-0.2, -0.15) is 13.2 Å². The molecule has 0 saturated carbocycles. The Labute approximate surface area is 330 Å². The third kappa shape index (κ3) is 9.17. The lowest BCUT2D eigenvalue weighted by atomic mass is 10.00. The lowest BCUT2D eigenvalue weighted by Crippen LogP contribution is -2.48. The number of halogens is 5. The molecule has 1 saturated heterocycles. The molecular formula is C41H40F5N3O3S. The zero-order chi connectivity index (χ0) is 51.1. The van der Waals surface area contributed by atoms with Crippen LogP contribution in [0.4, 0.5) is 22.0 Å². The van der Waals surface area contributed by atoms with Crippen molar-refractivity contribution in [2.24, 2.45) is 0 Å². The Kier molecular flexibility index (Phi) is 7.32. The van der Waals surface area contributed by atoms with Gasteiger partial charge in [0.25, 0.3) is 0 Å². The summed E-state index contributed by atoms with van der Waals surface area (Å²) >= 11 is -0.141. The van der Waals surface area contributed by atoms with Gasteiger partial charge in [0.1, 0.15) is 6.54 Å². The van der Waals surface area contributed by atoms with Gasteiger partial charge < -0.3 is 19.1 Å². The molecule has 6 rings (SSSR count). The van der Waals surface area contributed by atoms with Crippen molar-refractivity contribution < 1.29 is 52.0 Å². The van der Waals surface area contributed by atoms with Crippen molar-refractivity contribution in [2.75, 3.05) is 33.3 Å². The minimum absolute atomic E-state index is 0.0766. The third-order valence-corrected chi connectivity index (χ3v) is 8.77. The third-order valence-electron chi connectivity index (χ3n) is 7.93. The van der Waals surface area contributed by atoms with E-state index in [1.807, 2.05) is 0 Å². The summed E-state index contributed by atoms with van der Waals surface area (Å²) in [6.45, 7) is -9.86. The first-order chi connectivity index (χ1) is 31.2. The summed E-state index contributed by atoms with van der Waals surface area (Å²) in [7, 11) is 1.16. The summed E-state index contributed by atoms with van der Waals surface area (Å²) in [6, 6.07) is 4.21. The summed E-state index contributed by atoms with van der Waals surface area (Å²) in [5, 5.41) is -1.66. The molecule has 5 aromatic rings. The van der Waals surface area contributed by atoms with E-state index < -0.39 is 144 Å². The molecule has 0 aliphatic carbocycles. The minimum atomic E-state index is -4.64. The van der Waals surface area contributed by atoms with Crippen molar-refractivity contribution in [3.05, 3.63) is 135 Å². The molecule has 1 aliphatic rings. The summed E-state index contributed by atoms with van der Waals surface area (Å²) in [4.78, 5) is 29.6.